The molecule has 0 spiro atoms. The van der Waals surface area contributed by atoms with Crippen molar-refractivity contribution >= 4 is 22.6 Å². The van der Waals surface area contributed by atoms with Crippen LogP contribution in [0.3, 0.4) is 0 Å². The van der Waals surface area contributed by atoms with Gasteiger partial charge in [0.15, 0.2) is 0 Å². The molecule has 0 unspecified atom stereocenters. The van der Waals surface area contributed by atoms with Crippen LogP contribution in [-0.2, 0) is 11.3 Å². The lowest BCUT2D eigenvalue weighted by Gasteiger charge is -2.39. The Labute approximate surface area is 219 Å². The predicted molar refractivity (Wildman–Crippen MR) is 140 cm³/mol. The molecule has 0 radical (unpaired) electrons. The van der Waals surface area contributed by atoms with Crippen LogP contribution in [0.4, 0.5) is 18.9 Å². The first-order chi connectivity index (χ1) is 18.2. The van der Waals surface area contributed by atoms with E-state index < -0.39 is 29.2 Å². The van der Waals surface area contributed by atoms with Gasteiger partial charge >= 0.3 is 5.97 Å². The smallest absolute Gasteiger partial charge is 0.309 e. The first-order valence-electron chi connectivity index (χ1n) is 12.7. The number of piperidine rings is 1. The largest absolute Gasteiger partial charge is 0.497 e. The molecule has 1 fully saturated rings. The van der Waals surface area contributed by atoms with E-state index >= 15 is 4.39 Å². The van der Waals surface area contributed by atoms with Gasteiger partial charge in [-0.3, -0.25) is 9.78 Å². The minimum absolute atomic E-state index is 0.0440. The average Bonchev–Trinajstić information content (AvgIpc) is 2.90. The minimum atomic E-state index is -1.41. The van der Waals surface area contributed by atoms with Crippen LogP contribution in [0.25, 0.3) is 10.9 Å². The third kappa shape index (κ3) is 6.19. The molecule has 1 saturated heterocycles. The maximum atomic E-state index is 15.8. The van der Waals surface area contributed by atoms with Gasteiger partial charge in [0.25, 0.3) is 0 Å². The summed E-state index contributed by atoms with van der Waals surface area (Å²) in [5, 5.41) is 13.7. The van der Waals surface area contributed by atoms with Crippen molar-refractivity contribution in [1.29, 1.82) is 0 Å². The molecule has 0 bridgehead atoms. The molecular weight excluding hydrogens is 497 g/mol. The summed E-state index contributed by atoms with van der Waals surface area (Å²) in [6.45, 7) is 2.23. The van der Waals surface area contributed by atoms with E-state index in [2.05, 4.69) is 15.2 Å². The molecular formula is C28H33F3N4O3. The molecule has 2 aromatic carbocycles. The van der Waals surface area contributed by atoms with Crippen molar-refractivity contribution in [3.05, 3.63) is 65.4 Å². The van der Waals surface area contributed by atoms with Crippen LogP contribution in [0.2, 0.25) is 0 Å². The Hall–Kier alpha value is -3.37. The van der Waals surface area contributed by atoms with Gasteiger partial charge in [-0.05, 0) is 74.7 Å². The highest BCUT2D eigenvalue weighted by Gasteiger charge is 2.41. The van der Waals surface area contributed by atoms with Gasteiger partial charge < -0.3 is 25.8 Å². The fraction of sp³-hybridized carbons (Fsp3) is 0.429. The van der Waals surface area contributed by atoms with E-state index in [4.69, 9.17) is 10.5 Å². The Morgan fingerprint density at radius 1 is 1.21 bits per heavy atom. The second-order valence-corrected chi connectivity index (χ2v) is 9.80. The quantitative estimate of drug-likeness (QED) is 0.319. The van der Waals surface area contributed by atoms with Gasteiger partial charge in [-0.25, -0.2) is 13.2 Å². The van der Waals surface area contributed by atoms with E-state index in [1.165, 1.54) is 19.2 Å². The lowest BCUT2D eigenvalue weighted by molar-refractivity contribution is -0.153. The van der Waals surface area contributed by atoms with Crippen LogP contribution in [0.1, 0.15) is 43.0 Å². The lowest BCUT2D eigenvalue weighted by Crippen LogP contribution is -2.45. The first-order valence-corrected chi connectivity index (χ1v) is 12.7. The lowest BCUT2D eigenvalue weighted by atomic mass is 9.74. The van der Waals surface area contributed by atoms with Crippen molar-refractivity contribution in [3.8, 4) is 5.75 Å². The number of aromatic nitrogens is 1. The van der Waals surface area contributed by atoms with Gasteiger partial charge in [0.1, 0.15) is 23.6 Å². The summed E-state index contributed by atoms with van der Waals surface area (Å²) < 4.78 is 47.9. The molecule has 0 aliphatic carbocycles. The summed E-state index contributed by atoms with van der Waals surface area (Å²) in [5.74, 6) is -1.65. The number of benzene rings is 2. The summed E-state index contributed by atoms with van der Waals surface area (Å²) in [7, 11) is 1.54. The second kappa shape index (κ2) is 12.0. The monoisotopic (exact) mass is 530 g/mol. The molecule has 1 aromatic heterocycles. The number of aliphatic carboxylic acids is 1. The molecule has 4 N–H and O–H groups in total. The summed E-state index contributed by atoms with van der Waals surface area (Å²) >= 11 is 0. The number of hydrogen-bond donors (Lipinski definition) is 3. The third-order valence-corrected chi connectivity index (χ3v) is 7.50. The maximum absolute atomic E-state index is 15.8. The zero-order chi connectivity index (χ0) is 27.3. The van der Waals surface area contributed by atoms with Crippen molar-refractivity contribution in [2.45, 2.75) is 38.4 Å². The van der Waals surface area contributed by atoms with E-state index in [-0.39, 0.29) is 19.4 Å². The van der Waals surface area contributed by atoms with Gasteiger partial charge in [-0.2, -0.15) is 0 Å². The van der Waals surface area contributed by atoms with Crippen molar-refractivity contribution in [3.63, 3.8) is 0 Å². The molecule has 38 heavy (non-hydrogen) atoms. The minimum Gasteiger partial charge on any atom is -0.497 e. The molecule has 2 heterocycles. The number of likely N-dealkylation sites (tertiary alicyclic amines) is 1. The van der Waals surface area contributed by atoms with E-state index in [0.29, 0.717) is 72.5 Å². The predicted octanol–water partition coefficient (Wildman–Crippen LogP) is 5.05. The maximum Gasteiger partial charge on any atom is 0.309 e. The number of carboxylic acids is 1. The normalized spacial score (nSPS) is 16.3. The van der Waals surface area contributed by atoms with Crippen LogP contribution >= 0.6 is 0 Å². The number of ether oxygens (including phenoxy) is 1. The standard InChI is InChI=1S/C28H33F3N4O3/c1-38-22-2-3-25-23(15-22)26(18(16-32)17-34-25)24(31)4-5-28(27(36)37)6-9-35(10-7-28)11-8-33-21-13-19(29)12-20(30)14-21/h2-3,12-15,17,24,33H,4-11,16,32H2,1H3,(H,36,37)/t24-/m1/s1. The van der Waals surface area contributed by atoms with Crippen LogP contribution < -0.4 is 15.8 Å². The summed E-state index contributed by atoms with van der Waals surface area (Å²) in [6, 6.07) is 8.52. The summed E-state index contributed by atoms with van der Waals surface area (Å²) in [6.07, 6.45) is 1.18. The molecule has 1 aliphatic rings. The number of anilines is 1. The van der Waals surface area contributed by atoms with Gasteiger partial charge in [0, 0.05) is 48.5 Å². The molecule has 7 nitrogen and oxygen atoms in total. The number of halogens is 3. The average molecular weight is 531 g/mol. The molecule has 204 valence electrons. The molecule has 1 atom stereocenters. The Kier molecular flexibility index (Phi) is 8.73. The highest BCUT2D eigenvalue weighted by molar-refractivity contribution is 5.85. The van der Waals surface area contributed by atoms with Gasteiger partial charge in [0.05, 0.1) is 18.0 Å². The summed E-state index contributed by atoms with van der Waals surface area (Å²) in [5.41, 5.74) is 6.87. The molecule has 0 saturated carbocycles. The van der Waals surface area contributed by atoms with E-state index in [9.17, 15) is 18.7 Å². The van der Waals surface area contributed by atoms with Gasteiger partial charge in [-0.15, -0.1) is 0 Å². The zero-order valence-corrected chi connectivity index (χ0v) is 21.4. The third-order valence-electron chi connectivity index (χ3n) is 7.50. The van der Waals surface area contributed by atoms with Gasteiger partial charge in [0.2, 0.25) is 0 Å². The Morgan fingerprint density at radius 3 is 2.55 bits per heavy atom. The van der Waals surface area contributed by atoms with Crippen molar-refractivity contribution < 1.29 is 27.8 Å². The Bertz CT molecular complexity index is 1260. The number of hydrogen-bond acceptors (Lipinski definition) is 6. The number of methoxy groups -OCH3 is 1. The van der Waals surface area contributed by atoms with Crippen LogP contribution in [0.15, 0.2) is 42.6 Å². The van der Waals surface area contributed by atoms with Gasteiger partial charge in [-0.1, -0.05) is 0 Å². The van der Waals surface area contributed by atoms with Crippen molar-refractivity contribution in [2.24, 2.45) is 11.1 Å². The van der Waals surface area contributed by atoms with E-state index in [0.717, 1.165) is 6.07 Å². The molecule has 1 aliphatic heterocycles. The summed E-state index contributed by atoms with van der Waals surface area (Å²) in [4.78, 5) is 18.8. The highest BCUT2D eigenvalue weighted by atomic mass is 19.1. The Morgan fingerprint density at radius 2 is 1.92 bits per heavy atom. The van der Waals surface area contributed by atoms with Crippen molar-refractivity contribution in [2.75, 3.05) is 38.6 Å². The van der Waals surface area contributed by atoms with Crippen LogP contribution in [0.5, 0.6) is 5.75 Å². The number of carbonyl (C=O) groups is 1. The molecule has 10 heteroatoms. The SMILES string of the molecule is COc1ccc2ncc(CN)c([C@H](F)CCC3(C(=O)O)CCN(CCNc4cc(F)cc(F)c4)CC3)c2c1. The van der Waals surface area contributed by atoms with Crippen molar-refractivity contribution in [1.82, 2.24) is 9.88 Å². The fourth-order valence-corrected chi connectivity index (χ4v) is 5.23. The fourth-order valence-electron chi connectivity index (χ4n) is 5.23. The number of nitrogens with two attached hydrogens (primary N) is 1. The topological polar surface area (TPSA) is 101 Å². The number of carboxylic acid groups (broad SMARTS) is 1. The number of nitrogens with one attached hydrogen (secondary N) is 1. The molecule has 4 rings (SSSR count). The number of nitrogens with zero attached hydrogens (tertiary/aromatic N) is 2. The van der Waals surface area contributed by atoms with E-state index in [1.54, 1.807) is 24.4 Å². The number of rotatable bonds is 11. The molecule has 3 aromatic rings. The Balaban J connectivity index is 1.39. The zero-order valence-electron chi connectivity index (χ0n) is 21.4. The number of fused-ring (bicyclic) bond motifs is 1. The second-order valence-electron chi connectivity index (χ2n) is 9.80. The number of pyridine rings is 1. The molecule has 0 amide bonds. The van der Waals surface area contributed by atoms with Crippen LogP contribution in [-0.4, -0.2) is 54.2 Å². The van der Waals surface area contributed by atoms with E-state index in [1.807, 2.05) is 0 Å². The first kappa shape index (κ1) is 27.7. The number of alkyl halides is 1. The van der Waals surface area contributed by atoms with Crippen LogP contribution in [0, 0.1) is 17.0 Å². The highest BCUT2D eigenvalue weighted by Crippen LogP contribution is 2.41.